The molecule has 0 aromatic heterocycles. The minimum atomic E-state index is -1.82. The molecule has 0 spiro atoms. The number of carbonyl (C=O) groups excluding carboxylic acids is 1. The monoisotopic (exact) mass is 253 g/mol. The molecule has 0 radical (unpaired) electrons. The van der Waals surface area contributed by atoms with Crippen molar-refractivity contribution in [1.29, 1.82) is 5.26 Å². The maximum atomic E-state index is 13.1. The van der Waals surface area contributed by atoms with Crippen molar-refractivity contribution in [2.24, 2.45) is 0 Å². The van der Waals surface area contributed by atoms with Gasteiger partial charge in [-0.1, -0.05) is 6.07 Å². The summed E-state index contributed by atoms with van der Waals surface area (Å²) < 4.78 is 17.4. The van der Waals surface area contributed by atoms with E-state index in [9.17, 15) is 19.4 Å². The van der Waals surface area contributed by atoms with Crippen molar-refractivity contribution in [3.8, 4) is 6.07 Å². The molecule has 0 heterocycles. The number of hydrogen-bond acceptors (Lipinski definition) is 5. The summed E-state index contributed by atoms with van der Waals surface area (Å²) in [6, 6.07) is 5.28. The van der Waals surface area contributed by atoms with Gasteiger partial charge < -0.3 is 14.9 Å². The quantitative estimate of drug-likeness (QED) is 0.761. The molecule has 2 unspecified atom stereocenters. The first-order chi connectivity index (χ1) is 8.51. The fourth-order valence-electron chi connectivity index (χ4n) is 1.51. The van der Waals surface area contributed by atoms with Gasteiger partial charge in [0.25, 0.3) is 0 Å². The second kappa shape index (κ2) is 6.10. The number of rotatable bonds is 4. The van der Waals surface area contributed by atoms with E-state index in [2.05, 4.69) is 4.74 Å². The van der Waals surface area contributed by atoms with Crippen LogP contribution in [0.3, 0.4) is 0 Å². The maximum absolute atomic E-state index is 13.1. The van der Waals surface area contributed by atoms with Crippen LogP contribution in [-0.2, 0) is 16.0 Å². The number of ether oxygens (including phenoxy) is 1. The Morgan fingerprint density at radius 2 is 2.22 bits per heavy atom. The number of nitrogens with zero attached hydrogens (tertiary/aromatic N) is 1. The molecule has 5 nitrogen and oxygen atoms in total. The van der Waals surface area contributed by atoms with Crippen LogP contribution >= 0.6 is 0 Å². The van der Waals surface area contributed by atoms with E-state index in [0.717, 1.165) is 19.2 Å². The van der Waals surface area contributed by atoms with E-state index < -0.39 is 24.0 Å². The van der Waals surface area contributed by atoms with Crippen LogP contribution < -0.4 is 0 Å². The average Bonchev–Trinajstić information content (AvgIpc) is 2.38. The van der Waals surface area contributed by atoms with E-state index >= 15 is 0 Å². The fraction of sp³-hybridized carbons (Fsp3) is 0.333. The first kappa shape index (κ1) is 14.1. The number of aliphatic hydroxyl groups is 2. The van der Waals surface area contributed by atoms with E-state index in [-0.39, 0.29) is 12.0 Å². The lowest BCUT2D eigenvalue weighted by molar-refractivity contribution is -0.156. The van der Waals surface area contributed by atoms with Crippen molar-refractivity contribution in [3.05, 3.63) is 35.1 Å². The molecule has 2 N–H and O–H groups in total. The van der Waals surface area contributed by atoms with Gasteiger partial charge in [-0.05, 0) is 23.3 Å². The predicted molar refractivity (Wildman–Crippen MR) is 58.7 cm³/mol. The lowest BCUT2D eigenvalue weighted by Gasteiger charge is -2.18. The smallest absolute Gasteiger partial charge is 0.337 e. The van der Waals surface area contributed by atoms with Gasteiger partial charge in [0.1, 0.15) is 11.9 Å². The molecular weight excluding hydrogens is 241 g/mol. The number of benzene rings is 1. The second-order valence-electron chi connectivity index (χ2n) is 3.59. The minimum absolute atomic E-state index is 0.00514. The van der Waals surface area contributed by atoms with Crippen molar-refractivity contribution in [3.63, 3.8) is 0 Å². The Morgan fingerprint density at radius 3 is 2.78 bits per heavy atom. The highest BCUT2D eigenvalue weighted by Gasteiger charge is 2.28. The second-order valence-corrected chi connectivity index (χ2v) is 3.59. The Bertz CT molecular complexity index is 483. The van der Waals surface area contributed by atoms with E-state index in [1.807, 2.05) is 6.07 Å². The van der Waals surface area contributed by atoms with Gasteiger partial charge >= 0.3 is 5.97 Å². The number of methoxy groups -OCH3 is 1. The topological polar surface area (TPSA) is 90.6 Å². The van der Waals surface area contributed by atoms with Crippen molar-refractivity contribution >= 4 is 5.97 Å². The molecule has 0 amide bonds. The van der Waals surface area contributed by atoms with Crippen LogP contribution in [0, 0.1) is 17.1 Å². The molecule has 96 valence electrons. The third kappa shape index (κ3) is 3.03. The van der Waals surface area contributed by atoms with E-state index in [0.29, 0.717) is 5.56 Å². The van der Waals surface area contributed by atoms with Gasteiger partial charge in [0.2, 0.25) is 0 Å². The van der Waals surface area contributed by atoms with Crippen LogP contribution in [0.1, 0.15) is 17.2 Å². The van der Waals surface area contributed by atoms with Gasteiger partial charge in [0, 0.05) is 0 Å². The summed E-state index contributed by atoms with van der Waals surface area (Å²) in [6.45, 7) is 0. The molecule has 0 aliphatic heterocycles. The standard InChI is InChI=1S/C12H12FNO4/c1-18-12(17)11(16)10(15)9-6-8(13)3-2-7(9)4-5-14/h2-3,6,10-11,15-16H,4H2,1H3. The zero-order valence-corrected chi connectivity index (χ0v) is 9.63. The van der Waals surface area contributed by atoms with E-state index in [1.165, 1.54) is 6.07 Å². The molecule has 0 aliphatic rings. The molecule has 1 rings (SSSR count). The fourth-order valence-corrected chi connectivity index (χ4v) is 1.51. The molecule has 0 bridgehead atoms. The molecule has 0 aliphatic carbocycles. The lowest BCUT2D eigenvalue weighted by Crippen LogP contribution is -2.29. The highest BCUT2D eigenvalue weighted by Crippen LogP contribution is 2.23. The Kier molecular flexibility index (Phi) is 4.77. The number of nitriles is 1. The highest BCUT2D eigenvalue weighted by atomic mass is 19.1. The molecule has 2 atom stereocenters. The van der Waals surface area contributed by atoms with Crippen molar-refractivity contribution in [2.45, 2.75) is 18.6 Å². The van der Waals surface area contributed by atoms with Gasteiger partial charge in [0.05, 0.1) is 19.6 Å². The van der Waals surface area contributed by atoms with Crippen LogP contribution in [0.25, 0.3) is 0 Å². The molecule has 1 aromatic carbocycles. The summed E-state index contributed by atoms with van der Waals surface area (Å²) in [7, 11) is 1.06. The number of hydrogen-bond donors (Lipinski definition) is 2. The number of aliphatic hydroxyl groups excluding tert-OH is 2. The van der Waals surface area contributed by atoms with Crippen molar-refractivity contribution < 1.29 is 24.1 Å². The van der Waals surface area contributed by atoms with Gasteiger partial charge in [-0.2, -0.15) is 5.26 Å². The number of esters is 1. The van der Waals surface area contributed by atoms with Gasteiger partial charge in [0.15, 0.2) is 6.10 Å². The Morgan fingerprint density at radius 1 is 1.56 bits per heavy atom. The molecule has 1 aromatic rings. The minimum Gasteiger partial charge on any atom is -0.467 e. The van der Waals surface area contributed by atoms with Gasteiger partial charge in [-0.3, -0.25) is 0 Å². The predicted octanol–water partition coefficient (Wildman–Crippen LogP) is 0.459. The van der Waals surface area contributed by atoms with Crippen LogP contribution in [0.4, 0.5) is 4.39 Å². The first-order valence-corrected chi connectivity index (χ1v) is 5.10. The third-order valence-corrected chi connectivity index (χ3v) is 2.44. The maximum Gasteiger partial charge on any atom is 0.337 e. The molecular formula is C12H12FNO4. The van der Waals surface area contributed by atoms with Crippen molar-refractivity contribution in [2.75, 3.05) is 7.11 Å². The lowest BCUT2D eigenvalue weighted by atomic mass is 9.97. The molecule has 0 fully saturated rings. The van der Waals surface area contributed by atoms with Crippen LogP contribution in [0.15, 0.2) is 18.2 Å². The molecule has 6 heteroatoms. The SMILES string of the molecule is COC(=O)C(O)C(O)c1cc(F)ccc1CC#N. The van der Waals surface area contributed by atoms with Crippen LogP contribution in [-0.4, -0.2) is 29.4 Å². The molecule has 0 saturated heterocycles. The molecule has 0 saturated carbocycles. The van der Waals surface area contributed by atoms with Crippen LogP contribution in [0.5, 0.6) is 0 Å². The summed E-state index contributed by atoms with van der Waals surface area (Å²) >= 11 is 0. The normalized spacial score (nSPS) is 13.5. The Balaban J connectivity index is 3.10. The summed E-state index contributed by atoms with van der Waals surface area (Å²) in [5.41, 5.74) is 0.337. The van der Waals surface area contributed by atoms with Gasteiger partial charge in [-0.25, -0.2) is 9.18 Å². The van der Waals surface area contributed by atoms with Crippen molar-refractivity contribution in [1.82, 2.24) is 0 Å². The summed E-state index contributed by atoms with van der Waals surface area (Å²) in [5.74, 6) is -1.67. The third-order valence-electron chi connectivity index (χ3n) is 2.44. The first-order valence-electron chi connectivity index (χ1n) is 5.10. The average molecular weight is 253 g/mol. The zero-order valence-electron chi connectivity index (χ0n) is 9.63. The number of halogens is 1. The Hall–Kier alpha value is -1.97. The van der Waals surface area contributed by atoms with E-state index in [4.69, 9.17) is 5.26 Å². The summed E-state index contributed by atoms with van der Waals surface area (Å²) in [6.07, 6.45) is -3.54. The van der Waals surface area contributed by atoms with Crippen LogP contribution in [0.2, 0.25) is 0 Å². The van der Waals surface area contributed by atoms with Gasteiger partial charge in [-0.15, -0.1) is 0 Å². The Labute approximate surface area is 103 Å². The molecule has 18 heavy (non-hydrogen) atoms. The zero-order chi connectivity index (χ0) is 13.7. The highest BCUT2D eigenvalue weighted by molar-refractivity contribution is 5.75. The largest absolute Gasteiger partial charge is 0.467 e. The van der Waals surface area contributed by atoms with E-state index in [1.54, 1.807) is 0 Å². The number of carbonyl (C=O) groups is 1. The summed E-state index contributed by atoms with van der Waals surface area (Å²) in [5, 5.41) is 27.9. The summed E-state index contributed by atoms with van der Waals surface area (Å²) in [4.78, 5) is 11.1.